The van der Waals surface area contributed by atoms with Crippen LogP contribution in [0.1, 0.15) is 35.7 Å². The number of aromatic amines is 1. The number of halogens is 4. The second-order valence-corrected chi connectivity index (χ2v) is 5.63. The van der Waals surface area contributed by atoms with E-state index in [0.29, 0.717) is 16.8 Å². The highest BCUT2D eigenvalue weighted by Gasteiger charge is 2.37. The first-order valence-corrected chi connectivity index (χ1v) is 7.53. The largest absolute Gasteiger partial charge is 0.408 e. The van der Waals surface area contributed by atoms with Gasteiger partial charge < -0.3 is 15.7 Å². The fourth-order valence-corrected chi connectivity index (χ4v) is 1.99. The van der Waals surface area contributed by atoms with E-state index in [2.05, 4.69) is 9.97 Å². The van der Waals surface area contributed by atoms with Crippen molar-refractivity contribution in [3.63, 3.8) is 0 Å². The summed E-state index contributed by atoms with van der Waals surface area (Å²) in [7, 11) is 0. The summed E-state index contributed by atoms with van der Waals surface area (Å²) in [5, 5.41) is 9.80. The summed E-state index contributed by atoms with van der Waals surface area (Å²) in [5.74, 6) is -1.67. The second kappa shape index (κ2) is 7.51. The van der Waals surface area contributed by atoms with E-state index in [4.69, 9.17) is 5.41 Å². The quantitative estimate of drug-likeness (QED) is 0.556. The number of hydrogen-bond donors (Lipinski definition) is 3. The van der Waals surface area contributed by atoms with Crippen molar-refractivity contribution in [1.29, 1.82) is 5.41 Å². The fraction of sp³-hybridized carbons (Fsp3) is 0.235. The highest BCUT2D eigenvalue weighted by Crippen LogP contribution is 2.20. The molecule has 0 saturated carbocycles. The van der Waals surface area contributed by atoms with Crippen LogP contribution >= 0.6 is 0 Å². The maximum Gasteiger partial charge on any atom is 0.408 e. The molecule has 3 N–H and O–H groups in total. The molecule has 1 atom stereocenters. The van der Waals surface area contributed by atoms with Gasteiger partial charge in [0.1, 0.15) is 11.9 Å². The van der Waals surface area contributed by atoms with E-state index >= 15 is 0 Å². The molecule has 1 aromatic carbocycles. The normalized spacial score (nSPS) is 13.4. The second-order valence-electron chi connectivity index (χ2n) is 5.63. The molecule has 0 spiro atoms. The molecule has 5 nitrogen and oxygen atoms in total. The topological polar surface area (TPSA) is 81.6 Å². The lowest BCUT2D eigenvalue weighted by molar-refractivity contribution is -0.149. The number of aromatic nitrogens is 2. The first-order chi connectivity index (χ1) is 12.1. The molecule has 2 rings (SSSR count). The molecular weight excluding hydrogens is 352 g/mol. The van der Waals surface area contributed by atoms with Crippen LogP contribution in [-0.2, 0) is 0 Å². The van der Waals surface area contributed by atoms with Gasteiger partial charge in [-0.15, -0.1) is 0 Å². The van der Waals surface area contributed by atoms with Gasteiger partial charge in [-0.1, -0.05) is 0 Å². The zero-order valence-corrected chi connectivity index (χ0v) is 13.9. The third-order valence-electron chi connectivity index (χ3n) is 3.57. The zero-order valence-electron chi connectivity index (χ0n) is 13.9. The molecule has 1 amide bonds. The molecule has 9 heteroatoms. The Labute approximate surface area is 146 Å². The summed E-state index contributed by atoms with van der Waals surface area (Å²) < 4.78 is 50.4. The smallest absolute Gasteiger partial charge is 0.338 e. The van der Waals surface area contributed by atoms with Crippen molar-refractivity contribution in [2.75, 3.05) is 0 Å². The molecular formula is C17H16F4N4O. The van der Waals surface area contributed by atoms with Gasteiger partial charge in [0.25, 0.3) is 5.91 Å². The minimum Gasteiger partial charge on any atom is -0.338 e. The average Bonchev–Trinajstić information content (AvgIpc) is 3.04. The minimum atomic E-state index is -4.55. The summed E-state index contributed by atoms with van der Waals surface area (Å²) in [4.78, 5) is 18.2. The molecule has 0 aliphatic heterocycles. The van der Waals surface area contributed by atoms with E-state index in [-0.39, 0.29) is 11.5 Å². The van der Waals surface area contributed by atoms with E-state index in [9.17, 15) is 22.4 Å². The Morgan fingerprint density at radius 3 is 2.50 bits per heavy atom. The van der Waals surface area contributed by atoms with Gasteiger partial charge in [0.2, 0.25) is 0 Å². The number of alkyl halides is 3. The molecule has 0 bridgehead atoms. The maximum absolute atomic E-state index is 12.9. The Bertz CT molecular complexity index is 837. The van der Waals surface area contributed by atoms with Crippen molar-refractivity contribution in [2.24, 2.45) is 0 Å². The predicted molar refractivity (Wildman–Crippen MR) is 88.5 cm³/mol. The standard InChI is InChI=1S/C17H16F4N4O/c1-9(7-13(22)11-3-5-12(18)6-4-11)14-8-23-15(25-14)16(26)24-10(2)17(19,20)21/h3-8,10,22H,1-2H3,(H,23,25)(H,24,26)/b9-7-,22-13?. The van der Waals surface area contributed by atoms with Crippen molar-refractivity contribution in [3.05, 3.63) is 59.4 Å². The van der Waals surface area contributed by atoms with Crippen LogP contribution in [-0.4, -0.2) is 33.8 Å². The van der Waals surface area contributed by atoms with Crippen LogP contribution in [0.5, 0.6) is 0 Å². The molecule has 0 aliphatic rings. The summed E-state index contributed by atoms with van der Waals surface area (Å²) in [5.41, 5.74) is 1.51. The number of nitrogens with zero attached hydrogens (tertiary/aromatic N) is 1. The van der Waals surface area contributed by atoms with Crippen LogP contribution in [0.4, 0.5) is 17.6 Å². The molecule has 1 heterocycles. The lowest BCUT2D eigenvalue weighted by atomic mass is 10.1. The van der Waals surface area contributed by atoms with Crippen LogP contribution in [0, 0.1) is 11.2 Å². The number of hydrogen-bond acceptors (Lipinski definition) is 3. The summed E-state index contributed by atoms with van der Waals surface area (Å²) >= 11 is 0. The molecule has 0 saturated heterocycles. The highest BCUT2D eigenvalue weighted by atomic mass is 19.4. The van der Waals surface area contributed by atoms with Gasteiger partial charge in [0.15, 0.2) is 5.82 Å². The van der Waals surface area contributed by atoms with E-state index in [0.717, 1.165) is 6.92 Å². The van der Waals surface area contributed by atoms with Crippen molar-refractivity contribution < 1.29 is 22.4 Å². The van der Waals surface area contributed by atoms with Crippen LogP contribution in [0.25, 0.3) is 5.57 Å². The van der Waals surface area contributed by atoms with Crippen LogP contribution < -0.4 is 5.32 Å². The number of carbonyl (C=O) groups is 1. The third kappa shape index (κ3) is 4.78. The molecule has 1 aromatic heterocycles. The molecule has 0 aliphatic carbocycles. The molecule has 2 aromatic rings. The number of benzene rings is 1. The Morgan fingerprint density at radius 1 is 1.31 bits per heavy atom. The van der Waals surface area contributed by atoms with E-state index in [1.54, 1.807) is 12.2 Å². The van der Waals surface area contributed by atoms with Gasteiger partial charge in [0, 0.05) is 0 Å². The number of H-pyrrole nitrogens is 1. The van der Waals surface area contributed by atoms with Crippen molar-refractivity contribution >= 4 is 17.2 Å². The molecule has 0 fully saturated rings. The molecule has 0 radical (unpaired) electrons. The minimum absolute atomic E-state index is 0.105. The molecule has 1 unspecified atom stereocenters. The van der Waals surface area contributed by atoms with Crippen molar-refractivity contribution in [3.8, 4) is 0 Å². The summed E-state index contributed by atoms with van der Waals surface area (Å²) in [6.07, 6.45) is -1.79. The third-order valence-corrected chi connectivity index (χ3v) is 3.57. The Kier molecular flexibility index (Phi) is 5.59. The molecule has 138 valence electrons. The SMILES string of the molecule is C/C(=C/C(=N)c1ccc(F)cc1)c1cnc(C(=O)NC(C)C(F)(F)F)[nH]1. The lowest BCUT2D eigenvalue weighted by Gasteiger charge is -2.16. The Morgan fingerprint density at radius 2 is 1.92 bits per heavy atom. The number of allylic oxidation sites excluding steroid dienone is 2. The van der Waals surface area contributed by atoms with Gasteiger partial charge in [-0.3, -0.25) is 4.79 Å². The fourth-order valence-electron chi connectivity index (χ4n) is 1.99. The number of rotatable bonds is 5. The zero-order chi connectivity index (χ0) is 19.5. The summed E-state index contributed by atoms with van der Waals surface area (Å²) in [6.45, 7) is 2.47. The van der Waals surface area contributed by atoms with Gasteiger partial charge in [-0.05, 0) is 55.3 Å². The first kappa shape index (κ1) is 19.4. The van der Waals surface area contributed by atoms with Gasteiger partial charge in [0.05, 0.1) is 17.6 Å². The maximum atomic E-state index is 12.9. The summed E-state index contributed by atoms with van der Waals surface area (Å²) in [6, 6.07) is 3.35. The number of imidazole rings is 1. The average molecular weight is 368 g/mol. The first-order valence-electron chi connectivity index (χ1n) is 7.53. The Balaban J connectivity index is 2.11. The van der Waals surface area contributed by atoms with E-state index in [1.165, 1.54) is 36.5 Å². The van der Waals surface area contributed by atoms with Crippen LogP contribution in [0.15, 0.2) is 36.5 Å². The Hall–Kier alpha value is -2.97. The highest BCUT2D eigenvalue weighted by molar-refractivity contribution is 6.10. The van der Waals surface area contributed by atoms with E-state index < -0.39 is 23.9 Å². The predicted octanol–water partition coefficient (Wildman–Crippen LogP) is 3.70. The van der Waals surface area contributed by atoms with Crippen LogP contribution in [0.2, 0.25) is 0 Å². The molecule has 26 heavy (non-hydrogen) atoms. The van der Waals surface area contributed by atoms with Gasteiger partial charge in [-0.2, -0.15) is 13.2 Å². The number of nitrogens with one attached hydrogen (secondary N) is 3. The monoisotopic (exact) mass is 368 g/mol. The lowest BCUT2D eigenvalue weighted by Crippen LogP contribution is -2.43. The van der Waals surface area contributed by atoms with Crippen LogP contribution in [0.3, 0.4) is 0 Å². The number of carbonyl (C=O) groups excluding carboxylic acids is 1. The van der Waals surface area contributed by atoms with E-state index in [1.807, 2.05) is 0 Å². The van der Waals surface area contributed by atoms with Crippen molar-refractivity contribution in [2.45, 2.75) is 26.1 Å². The van der Waals surface area contributed by atoms with Gasteiger partial charge >= 0.3 is 6.18 Å². The van der Waals surface area contributed by atoms with Gasteiger partial charge in [-0.25, -0.2) is 9.37 Å². The van der Waals surface area contributed by atoms with Crippen molar-refractivity contribution in [1.82, 2.24) is 15.3 Å². The number of amides is 1.